The topological polar surface area (TPSA) is 59.1 Å². The van der Waals surface area contributed by atoms with Crippen molar-refractivity contribution in [2.75, 3.05) is 39.4 Å². The van der Waals surface area contributed by atoms with Gasteiger partial charge in [0.1, 0.15) is 18.2 Å². The van der Waals surface area contributed by atoms with Gasteiger partial charge in [-0.15, -0.1) is 0 Å². The standard InChI is InChI=1S/C22H28ClFN2O4/c1-22(14-30-20-3-2-16(24)11-18(20)23)5-8-25(9-6-22)21(28)26-7-4-19-15(12-26)10-17(27)13-29-19/h2-3,11,15,19H,4-10,12-14H2,1H3/t15-,19+/m0/s1. The summed E-state index contributed by atoms with van der Waals surface area (Å²) in [6, 6.07) is 4.17. The van der Waals surface area contributed by atoms with Crippen LogP contribution in [0.4, 0.5) is 9.18 Å². The summed E-state index contributed by atoms with van der Waals surface area (Å²) in [5, 5.41) is 0.264. The van der Waals surface area contributed by atoms with Crippen LogP contribution < -0.4 is 4.74 Å². The maximum atomic E-state index is 13.2. The van der Waals surface area contributed by atoms with Crippen LogP contribution in [0.25, 0.3) is 0 Å². The Morgan fingerprint density at radius 2 is 2.07 bits per heavy atom. The lowest BCUT2D eigenvalue weighted by Crippen LogP contribution is -2.55. The Balaban J connectivity index is 1.28. The summed E-state index contributed by atoms with van der Waals surface area (Å²) in [5.74, 6) is 0.330. The smallest absolute Gasteiger partial charge is 0.320 e. The summed E-state index contributed by atoms with van der Waals surface area (Å²) in [5.41, 5.74) is -0.0783. The lowest BCUT2D eigenvalue weighted by Gasteiger charge is -2.44. The van der Waals surface area contributed by atoms with Crippen molar-refractivity contribution in [2.24, 2.45) is 11.3 Å². The van der Waals surface area contributed by atoms with Gasteiger partial charge in [-0.1, -0.05) is 18.5 Å². The van der Waals surface area contributed by atoms with Gasteiger partial charge in [-0.05, 0) is 37.5 Å². The van der Waals surface area contributed by atoms with Crippen molar-refractivity contribution in [1.82, 2.24) is 9.80 Å². The number of halogens is 2. The molecule has 0 saturated carbocycles. The largest absolute Gasteiger partial charge is 0.491 e. The van der Waals surface area contributed by atoms with E-state index < -0.39 is 5.82 Å². The van der Waals surface area contributed by atoms with E-state index in [-0.39, 0.29) is 40.9 Å². The van der Waals surface area contributed by atoms with Crippen molar-refractivity contribution in [3.8, 4) is 5.75 Å². The number of fused-ring (bicyclic) bond motifs is 1. The minimum Gasteiger partial charge on any atom is -0.491 e. The van der Waals surface area contributed by atoms with Crippen LogP contribution in [0.3, 0.4) is 0 Å². The molecule has 2 atom stereocenters. The number of benzene rings is 1. The molecular formula is C22H28ClFN2O4. The maximum absolute atomic E-state index is 13.2. The number of ether oxygens (including phenoxy) is 2. The van der Waals surface area contributed by atoms with E-state index in [1.807, 2.05) is 9.80 Å². The summed E-state index contributed by atoms with van der Waals surface area (Å²) >= 11 is 6.05. The molecule has 1 aromatic carbocycles. The van der Waals surface area contributed by atoms with Crippen molar-refractivity contribution < 1.29 is 23.5 Å². The highest BCUT2D eigenvalue weighted by Gasteiger charge is 2.39. The quantitative estimate of drug-likeness (QED) is 0.721. The van der Waals surface area contributed by atoms with Gasteiger partial charge in [-0.25, -0.2) is 9.18 Å². The van der Waals surface area contributed by atoms with E-state index in [2.05, 4.69) is 6.92 Å². The Kier molecular flexibility index (Phi) is 6.21. The molecule has 3 aliphatic heterocycles. The van der Waals surface area contributed by atoms with Crippen LogP contribution in [0.5, 0.6) is 5.75 Å². The van der Waals surface area contributed by atoms with E-state index in [0.717, 1.165) is 19.3 Å². The van der Waals surface area contributed by atoms with E-state index in [4.69, 9.17) is 21.1 Å². The third-order valence-corrected chi connectivity index (χ3v) is 6.89. The number of piperidine rings is 2. The van der Waals surface area contributed by atoms with Crippen molar-refractivity contribution in [3.63, 3.8) is 0 Å². The average Bonchev–Trinajstić information content (AvgIpc) is 2.72. The van der Waals surface area contributed by atoms with E-state index in [9.17, 15) is 14.0 Å². The van der Waals surface area contributed by atoms with Gasteiger partial charge < -0.3 is 19.3 Å². The average molecular weight is 439 g/mol. The first-order valence-electron chi connectivity index (χ1n) is 10.6. The molecule has 3 fully saturated rings. The van der Waals surface area contributed by atoms with Gasteiger partial charge in [-0.2, -0.15) is 0 Å². The highest BCUT2D eigenvalue weighted by Crippen LogP contribution is 2.34. The highest BCUT2D eigenvalue weighted by atomic mass is 35.5. The molecule has 4 rings (SSSR count). The summed E-state index contributed by atoms with van der Waals surface area (Å²) in [6.45, 7) is 5.41. The van der Waals surface area contributed by atoms with Crippen LogP contribution in [-0.4, -0.2) is 67.1 Å². The van der Waals surface area contributed by atoms with Crippen LogP contribution in [0.1, 0.15) is 32.6 Å². The van der Waals surface area contributed by atoms with Gasteiger partial charge in [0, 0.05) is 43.9 Å². The minimum atomic E-state index is -0.390. The Labute approximate surface area is 181 Å². The summed E-state index contributed by atoms with van der Waals surface area (Å²) < 4.78 is 24.7. The van der Waals surface area contributed by atoms with Gasteiger partial charge >= 0.3 is 6.03 Å². The van der Waals surface area contributed by atoms with Crippen LogP contribution in [-0.2, 0) is 9.53 Å². The third-order valence-electron chi connectivity index (χ3n) is 6.59. The van der Waals surface area contributed by atoms with Crippen LogP contribution >= 0.6 is 11.6 Å². The summed E-state index contributed by atoms with van der Waals surface area (Å²) in [6.07, 6.45) is 3.04. The molecular weight excluding hydrogens is 411 g/mol. The molecule has 1 aromatic rings. The molecule has 3 saturated heterocycles. The van der Waals surface area contributed by atoms with Crippen LogP contribution in [0.2, 0.25) is 5.02 Å². The van der Waals surface area contributed by atoms with E-state index >= 15 is 0 Å². The normalized spacial score (nSPS) is 26.3. The molecule has 0 bridgehead atoms. The van der Waals surface area contributed by atoms with Crippen LogP contribution in [0.15, 0.2) is 18.2 Å². The molecule has 0 radical (unpaired) electrons. The van der Waals surface area contributed by atoms with Gasteiger partial charge in [-0.3, -0.25) is 4.79 Å². The number of amides is 2. The van der Waals surface area contributed by atoms with Crippen molar-refractivity contribution in [3.05, 3.63) is 29.0 Å². The number of hydrogen-bond donors (Lipinski definition) is 0. The molecule has 30 heavy (non-hydrogen) atoms. The minimum absolute atomic E-state index is 0.0519. The lowest BCUT2D eigenvalue weighted by molar-refractivity contribution is -0.140. The third kappa shape index (κ3) is 4.72. The Bertz CT molecular complexity index is 812. The summed E-state index contributed by atoms with van der Waals surface area (Å²) in [7, 11) is 0. The molecule has 0 spiro atoms. The fourth-order valence-electron chi connectivity index (χ4n) is 4.58. The zero-order chi connectivity index (χ0) is 21.3. The van der Waals surface area contributed by atoms with Crippen molar-refractivity contribution >= 4 is 23.4 Å². The number of carbonyl (C=O) groups excluding carboxylic acids is 2. The second-order valence-electron chi connectivity index (χ2n) is 9.03. The second-order valence-corrected chi connectivity index (χ2v) is 9.44. The van der Waals surface area contributed by atoms with Crippen molar-refractivity contribution in [2.45, 2.75) is 38.7 Å². The van der Waals surface area contributed by atoms with Gasteiger partial charge in [0.05, 0.1) is 17.7 Å². The molecule has 3 aliphatic rings. The SMILES string of the molecule is CC1(COc2ccc(F)cc2Cl)CCN(C(=O)N2CC[C@H]3OCC(=O)C[C@H]3C2)CC1. The number of likely N-dealkylation sites (tertiary alicyclic amines) is 2. The Hall–Kier alpha value is -1.86. The predicted octanol–water partition coefficient (Wildman–Crippen LogP) is 3.76. The number of nitrogens with zero attached hydrogens (tertiary/aromatic N) is 2. The van der Waals surface area contributed by atoms with E-state index in [0.29, 0.717) is 45.0 Å². The maximum Gasteiger partial charge on any atom is 0.320 e. The Morgan fingerprint density at radius 3 is 2.80 bits per heavy atom. The Morgan fingerprint density at radius 1 is 1.30 bits per heavy atom. The molecule has 0 N–H and O–H groups in total. The molecule has 2 amide bonds. The molecule has 0 unspecified atom stereocenters. The number of rotatable bonds is 3. The first-order valence-corrected chi connectivity index (χ1v) is 11.0. The number of hydrogen-bond acceptors (Lipinski definition) is 4. The zero-order valence-corrected chi connectivity index (χ0v) is 18.0. The summed E-state index contributed by atoms with van der Waals surface area (Å²) in [4.78, 5) is 28.5. The van der Waals surface area contributed by atoms with Crippen LogP contribution in [0, 0.1) is 17.2 Å². The van der Waals surface area contributed by atoms with Gasteiger partial charge in [0.2, 0.25) is 0 Å². The molecule has 6 nitrogen and oxygen atoms in total. The number of urea groups is 1. The monoisotopic (exact) mass is 438 g/mol. The lowest BCUT2D eigenvalue weighted by atomic mass is 9.81. The predicted molar refractivity (Wildman–Crippen MR) is 110 cm³/mol. The zero-order valence-electron chi connectivity index (χ0n) is 17.2. The van der Waals surface area contributed by atoms with E-state index in [1.54, 1.807) is 6.07 Å². The number of Topliss-reactive ketones (excluding diaryl/α,β-unsaturated/α-hetero) is 1. The van der Waals surface area contributed by atoms with Gasteiger partial charge in [0.15, 0.2) is 5.78 Å². The second kappa shape index (κ2) is 8.71. The first kappa shape index (κ1) is 21.4. The van der Waals surface area contributed by atoms with E-state index in [1.165, 1.54) is 12.1 Å². The number of ketones is 1. The molecule has 164 valence electrons. The van der Waals surface area contributed by atoms with Gasteiger partial charge in [0.25, 0.3) is 0 Å². The van der Waals surface area contributed by atoms with Crippen molar-refractivity contribution in [1.29, 1.82) is 0 Å². The first-order chi connectivity index (χ1) is 14.3. The fourth-order valence-corrected chi connectivity index (χ4v) is 4.80. The molecule has 0 aliphatic carbocycles. The highest BCUT2D eigenvalue weighted by molar-refractivity contribution is 6.32. The molecule has 8 heteroatoms. The molecule has 3 heterocycles. The fraction of sp³-hybridized carbons (Fsp3) is 0.636. The molecule has 0 aromatic heterocycles. The number of carbonyl (C=O) groups is 2.